The Balaban J connectivity index is 1.58. The molecule has 0 aliphatic carbocycles. The summed E-state index contributed by atoms with van der Waals surface area (Å²) in [5, 5.41) is 2.94. The van der Waals surface area contributed by atoms with E-state index < -0.39 is 6.10 Å². The number of hydrogen-bond donors (Lipinski definition) is 1. The van der Waals surface area contributed by atoms with E-state index in [1.807, 2.05) is 38.1 Å². The fraction of sp³-hybridized carbons (Fsp3) is 0.409. The third-order valence-electron chi connectivity index (χ3n) is 4.86. The van der Waals surface area contributed by atoms with E-state index in [1.165, 1.54) is 30.5 Å². The van der Waals surface area contributed by atoms with Crippen molar-refractivity contribution in [1.29, 1.82) is 0 Å². The molecule has 2 aromatic carbocycles. The van der Waals surface area contributed by atoms with Gasteiger partial charge in [-0.3, -0.25) is 4.79 Å². The summed E-state index contributed by atoms with van der Waals surface area (Å²) in [6.45, 7) is 8.04. The summed E-state index contributed by atoms with van der Waals surface area (Å²) in [6.07, 6.45) is 3.28. The Morgan fingerprint density at radius 3 is 2.38 bits per heavy atom. The highest BCUT2D eigenvalue weighted by atomic mass is 16.5. The van der Waals surface area contributed by atoms with Gasteiger partial charge < -0.3 is 15.0 Å². The first-order chi connectivity index (χ1) is 12.5. The Kier molecular flexibility index (Phi) is 5.82. The fourth-order valence-electron chi connectivity index (χ4n) is 3.33. The van der Waals surface area contributed by atoms with Gasteiger partial charge in [0.25, 0.3) is 5.91 Å². The van der Waals surface area contributed by atoms with Gasteiger partial charge in [0.2, 0.25) is 0 Å². The number of ether oxygens (including phenoxy) is 1. The molecule has 0 radical (unpaired) electrons. The first-order valence-corrected chi connectivity index (χ1v) is 9.43. The lowest BCUT2D eigenvalue weighted by atomic mass is 10.1. The van der Waals surface area contributed by atoms with Crippen LogP contribution in [0.15, 0.2) is 42.5 Å². The number of nitrogens with zero attached hydrogens (tertiary/aromatic N) is 1. The van der Waals surface area contributed by atoms with Crippen LogP contribution in [-0.2, 0) is 4.79 Å². The van der Waals surface area contributed by atoms with Gasteiger partial charge in [-0.1, -0.05) is 17.7 Å². The predicted molar refractivity (Wildman–Crippen MR) is 107 cm³/mol. The van der Waals surface area contributed by atoms with Crippen LogP contribution in [0.5, 0.6) is 5.75 Å². The first-order valence-electron chi connectivity index (χ1n) is 9.43. The zero-order valence-electron chi connectivity index (χ0n) is 15.9. The molecule has 0 bridgehead atoms. The van der Waals surface area contributed by atoms with Crippen molar-refractivity contribution in [3.05, 3.63) is 53.6 Å². The van der Waals surface area contributed by atoms with Crippen molar-refractivity contribution in [3.8, 4) is 5.75 Å². The van der Waals surface area contributed by atoms with Gasteiger partial charge in [0.05, 0.1) is 0 Å². The molecular weight excluding hydrogens is 324 g/mol. The van der Waals surface area contributed by atoms with Gasteiger partial charge in [-0.15, -0.1) is 0 Å². The van der Waals surface area contributed by atoms with Crippen LogP contribution in [0.1, 0.15) is 37.3 Å². The van der Waals surface area contributed by atoms with Crippen LogP contribution in [0.3, 0.4) is 0 Å². The lowest BCUT2D eigenvalue weighted by Crippen LogP contribution is -2.30. The molecule has 1 heterocycles. The zero-order chi connectivity index (χ0) is 18.5. The Hall–Kier alpha value is -2.49. The standard InChI is InChI=1S/C22H28N2O2/c1-16-7-12-21(17(2)15-16)26-18(3)22(25)23-19-8-10-20(11-9-19)24-13-5-4-6-14-24/h7-12,15,18H,4-6,13-14H2,1-3H3,(H,23,25)/t18-/m1/s1. The molecule has 1 amide bonds. The van der Waals surface area contributed by atoms with Crippen molar-refractivity contribution in [2.75, 3.05) is 23.3 Å². The maximum absolute atomic E-state index is 12.4. The van der Waals surface area contributed by atoms with Gasteiger partial charge in [0, 0.05) is 24.5 Å². The minimum absolute atomic E-state index is 0.143. The van der Waals surface area contributed by atoms with Crippen LogP contribution >= 0.6 is 0 Å². The normalized spacial score (nSPS) is 15.4. The summed E-state index contributed by atoms with van der Waals surface area (Å²) in [6, 6.07) is 14.1. The number of anilines is 2. The molecule has 0 saturated carbocycles. The first kappa shape index (κ1) is 18.3. The summed E-state index contributed by atoms with van der Waals surface area (Å²) in [7, 11) is 0. The molecule has 1 aliphatic rings. The van der Waals surface area contributed by atoms with Crippen molar-refractivity contribution in [2.24, 2.45) is 0 Å². The highest BCUT2D eigenvalue weighted by molar-refractivity contribution is 5.94. The molecule has 1 fully saturated rings. The number of nitrogens with one attached hydrogen (secondary N) is 1. The molecule has 138 valence electrons. The third kappa shape index (κ3) is 4.57. The van der Waals surface area contributed by atoms with Crippen molar-refractivity contribution >= 4 is 17.3 Å². The molecule has 1 atom stereocenters. The van der Waals surface area contributed by atoms with Crippen LogP contribution in [0.4, 0.5) is 11.4 Å². The summed E-state index contributed by atoms with van der Waals surface area (Å²) in [5.74, 6) is 0.606. The predicted octanol–water partition coefficient (Wildman–Crippen LogP) is 4.70. The monoisotopic (exact) mass is 352 g/mol. The molecule has 1 saturated heterocycles. The van der Waals surface area contributed by atoms with Crippen LogP contribution in [0, 0.1) is 13.8 Å². The lowest BCUT2D eigenvalue weighted by Gasteiger charge is -2.28. The third-order valence-corrected chi connectivity index (χ3v) is 4.86. The van der Waals surface area contributed by atoms with Gasteiger partial charge in [0.1, 0.15) is 5.75 Å². The number of benzene rings is 2. The smallest absolute Gasteiger partial charge is 0.265 e. The Bertz CT molecular complexity index is 749. The maximum Gasteiger partial charge on any atom is 0.265 e. The second kappa shape index (κ2) is 8.26. The van der Waals surface area contributed by atoms with E-state index in [9.17, 15) is 4.79 Å². The van der Waals surface area contributed by atoms with Crippen LogP contribution in [0.2, 0.25) is 0 Å². The number of amides is 1. The van der Waals surface area contributed by atoms with E-state index in [1.54, 1.807) is 6.92 Å². The number of aryl methyl sites for hydroxylation is 2. The molecule has 2 aromatic rings. The summed E-state index contributed by atoms with van der Waals surface area (Å²) in [4.78, 5) is 14.8. The minimum Gasteiger partial charge on any atom is -0.481 e. The van der Waals surface area contributed by atoms with Crippen LogP contribution in [-0.4, -0.2) is 25.1 Å². The maximum atomic E-state index is 12.4. The lowest BCUT2D eigenvalue weighted by molar-refractivity contribution is -0.122. The van der Waals surface area contributed by atoms with E-state index in [0.29, 0.717) is 0 Å². The molecule has 26 heavy (non-hydrogen) atoms. The second-order valence-electron chi connectivity index (χ2n) is 7.11. The quantitative estimate of drug-likeness (QED) is 0.848. The van der Waals surface area contributed by atoms with Crippen LogP contribution in [0.25, 0.3) is 0 Å². The van der Waals surface area contributed by atoms with Crippen molar-refractivity contribution in [1.82, 2.24) is 0 Å². The number of hydrogen-bond acceptors (Lipinski definition) is 3. The fourth-order valence-corrected chi connectivity index (χ4v) is 3.33. The molecule has 4 nitrogen and oxygen atoms in total. The second-order valence-corrected chi connectivity index (χ2v) is 7.11. The van der Waals surface area contributed by atoms with Gasteiger partial charge in [-0.05, 0) is 75.9 Å². The Morgan fingerprint density at radius 2 is 1.73 bits per heavy atom. The van der Waals surface area contributed by atoms with Crippen LogP contribution < -0.4 is 15.0 Å². The Morgan fingerprint density at radius 1 is 1.04 bits per heavy atom. The highest BCUT2D eigenvalue weighted by Crippen LogP contribution is 2.23. The van der Waals surface area contributed by atoms with Gasteiger partial charge in [-0.2, -0.15) is 0 Å². The molecule has 1 aliphatic heterocycles. The van der Waals surface area contributed by atoms with Crippen molar-refractivity contribution in [3.63, 3.8) is 0 Å². The molecule has 0 unspecified atom stereocenters. The molecule has 0 aromatic heterocycles. The molecule has 4 heteroatoms. The Labute approximate surface area is 156 Å². The van der Waals surface area contributed by atoms with E-state index in [-0.39, 0.29) is 5.91 Å². The molecule has 3 rings (SSSR count). The van der Waals surface area contributed by atoms with E-state index in [4.69, 9.17) is 4.74 Å². The molecular formula is C22H28N2O2. The SMILES string of the molecule is Cc1ccc(O[C@H](C)C(=O)Nc2ccc(N3CCCCC3)cc2)c(C)c1. The summed E-state index contributed by atoms with van der Waals surface area (Å²) < 4.78 is 5.83. The topological polar surface area (TPSA) is 41.6 Å². The number of carbonyl (C=O) groups is 1. The zero-order valence-corrected chi connectivity index (χ0v) is 15.9. The average Bonchev–Trinajstić information content (AvgIpc) is 2.65. The number of piperidine rings is 1. The number of rotatable bonds is 5. The summed E-state index contributed by atoms with van der Waals surface area (Å²) >= 11 is 0. The van der Waals surface area contributed by atoms with Gasteiger partial charge in [-0.25, -0.2) is 0 Å². The number of carbonyl (C=O) groups excluding carboxylic acids is 1. The van der Waals surface area contributed by atoms with E-state index in [2.05, 4.69) is 28.4 Å². The van der Waals surface area contributed by atoms with E-state index in [0.717, 1.165) is 30.1 Å². The molecule has 1 N–H and O–H groups in total. The minimum atomic E-state index is -0.557. The van der Waals surface area contributed by atoms with Gasteiger partial charge in [0.15, 0.2) is 6.10 Å². The van der Waals surface area contributed by atoms with E-state index >= 15 is 0 Å². The largest absolute Gasteiger partial charge is 0.481 e. The van der Waals surface area contributed by atoms with Gasteiger partial charge >= 0.3 is 0 Å². The molecule has 0 spiro atoms. The highest BCUT2D eigenvalue weighted by Gasteiger charge is 2.16. The van der Waals surface area contributed by atoms with Crippen molar-refractivity contribution in [2.45, 2.75) is 46.1 Å². The average molecular weight is 352 g/mol. The van der Waals surface area contributed by atoms with Crippen molar-refractivity contribution < 1.29 is 9.53 Å². The summed E-state index contributed by atoms with van der Waals surface area (Å²) in [5.41, 5.74) is 4.24.